The Labute approximate surface area is 103 Å². The van der Waals surface area contributed by atoms with Crippen LogP contribution in [0.5, 0.6) is 0 Å². The number of nitrogens with zero attached hydrogens (tertiary/aromatic N) is 1. The number of sulfonamides is 1. The van der Waals surface area contributed by atoms with Crippen molar-refractivity contribution in [1.29, 1.82) is 0 Å². The summed E-state index contributed by atoms with van der Waals surface area (Å²) in [5.41, 5.74) is 0. The summed E-state index contributed by atoms with van der Waals surface area (Å²) in [6, 6.07) is 1.95. The number of hydrogen-bond acceptors (Lipinski definition) is 3. The molecule has 6 heteroatoms. The van der Waals surface area contributed by atoms with E-state index in [4.69, 9.17) is 0 Å². The van der Waals surface area contributed by atoms with Crippen molar-refractivity contribution in [1.82, 2.24) is 4.31 Å². The van der Waals surface area contributed by atoms with Gasteiger partial charge < -0.3 is 0 Å². The van der Waals surface area contributed by atoms with Crippen molar-refractivity contribution in [2.45, 2.75) is 19.9 Å². The molecular weight excluding hydrogens is 298 g/mol. The van der Waals surface area contributed by atoms with E-state index in [1.54, 1.807) is 18.4 Å². The zero-order valence-electron chi connectivity index (χ0n) is 8.73. The summed E-state index contributed by atoms with van der Waals surface area (Å²) in [6.45, 7) is 2.33. The molecule has 1 aromatic rings. The molecule has 15 heavy (non-hydrogen) atoms. The second-order valence-corrected chi connectivity index (χ2v) is 7.41. The fraction of sp³-hybridized carbons (Fsp3) is 0.556. The number of hydrogen-bond donors (Lipinski definition) is 0. The van der Waals surface area contributed by atoms with Gasteiger partial charge in [-0.25, -0.2) is 8.42 Å². The molecule has 0 aliphatic carbocycles. The van der Waals surface area contributed by atoms with Crippen molar-refractivity contribution >= 4 is 37.3 Å². The van der Waals surface area contributed by atoms with Crippen molar-refractivity contribution < 1.29 is 8.42 Å². The lowest BCUT2D eigenvalue weighted by molar-refractivity contribution is 0.469. The third-order valence-electron chi connectivity index (χ3n) is 1.94. The molecule has 0 aliphatic rings. The fourth-order valence-corrected chi connectivity index (χ4v) is 3.92. The van der Waals surface area contributed by atoms with Gasteiger partial charge in [0.15, 0.2) is 0 Å². The summed E-state index contributed by atoms with van der Waals surface area (Å²) in [6.07, 6.45) is 0.654. The average Bonchev–Trinajstić information content (AvgIpc) is 2.51. The van der Waals surface area contributed by atoms with Crippen LogP contribution in [0.2, 0.25) is 0 Å². The highest BCUT2D eigenvalue weighted by Crippen LogP contribution is 2.21. The second-order valence-electron chi connectivity index (χ2n) is 3.30. The predicted octanol–water partition coefficient (Wildman–Crippen LogP) is 2.68. The number of halogens is 1. The molecule has 0 unspecified atom stereocenters. The van der Waals surface area contributed by atoms with Gasteiger partial charge in [-0.2, -0.15) is 4.31 Å². The largest absolute Gasteiger partial charge is 0.214 e. The third-order valence-corrected chi connectivity index (χ3v) is 5.62. The van der Waals surface area contributed by atoms with Crippen molar-refractivity contribution in [3.05, 3.63) is 20.8 Å². The van der Waals surface area contributed by atoms with E-state index in [0.717, 1.165) is 9.35 Å². The molecule has 0 fully saturated rings. The Bertz CT molecular complexity index is 414. The van der Waals surface area contributed by atoms with E-state index in [1.807, 2.05) is 18.4 Å². The normalized spacial score (nSPS) is 12.3. The fourth-order valence-electron chi connectivity index (χ4n) is 1.17. The van der Waals surface area contributed by atoms with Crippen molar-refractivity contribution in [2.75, 3.05) is 12.8 Å². The van der Waals surface area contributed by atoms with Crippen molar-refractivity contribution in [3.63, 3.8) is 0 Å². The van der Waals surface area contributed by atoms with Gasteiger partial charge in [0, 0.05) is 28.3 Å². The molecule has 86 valence electrons. The minimum absolute atomic E-state index is 0.218. The van der Waals surface area contributed by atoms with Gasteiger partial charge in [0.05, 0.1) is 5.75 Å². The topological polar surface area (TPSA) is 37.4 Å². The molecule has 0 spiro atoms. The number of thiophene rings is 1. The quantitative estimate of drug-likeness (QED) is 0.838. The molecule has 0 bridgehead atoms. The second kappa shape index (κ2) is 5.43. The number of rotatable bonds is 5. The first-order chi connectivity index (χ1) is 6.95. The highest BCUT2D eigenvalue weighted by Gasteiger charge is 2.17. The van der Waals surface area contributed by atoms with Gasteiger partial charge in [0.2, 0.25) is 10.0 Å². The third kappa shape index (κ3) is 3.86. The van der Waals surface area contributed by atoms with Crippen LogP contribution >= 0.6 is 27.3 Å². The van der Waals surface area contributed by atoms with Crippen LogP contribution in [-0.4, -0.2) is 25.5 Å². The first kappa shape index (κ1) is 13.2. The van der Waals surface area contributed by atoms with Crippen molar-refractivity contribution in [2.24, 2.45) is 0 Å². The van der Waals surface area contributed by atoms with E-state index in [-0.39, 0.29) is 5.75 Å². The van der Waals surface area contributed by atoms with E-state index in [2.05, 4.69) is 15.9 Å². The van der Waals surface area contributed by atoms with E-state index >= 15 is 0 Å². The van der Waals surface area contributed by atoms with Crippen LogP contribution in [-0.2, 0) is 16.6 Å². The molecule has 0 radical (unpaired) electrons. The maximum atomic E-state index is 11.7. The molecule has 0 N–H and O–H groups in total. The molecule has 1 rings (SSSR count). The molecule has 0 aliphatic heterocycles. The first-order valence-electron chi connectivity index (χ1n) is 4.62. The Morgan fingerprint density at radius 1 is 1.53 bits per heavy atom. The van der Waals surface area contributed by atoms with E-state index < -0.39 is 10.0 Å². The Balaban J connectivity index is 2.67. The lowest BCUT2D eigenvalue weighted by Crippen LogP contribution is -2.28. The van der Waals surface area contributed by atoms with Gasteiger partial charge in [-0.15, -0.1) is 11.3 Å². The maximum Gasteiger partial charge on any atom is 0.214 e. The van der Waals surface area contributed by atoms with Crippen LogP contribution in [0.1, 0.15) is 18.2 Å². The lowest BCUT2D eigenvalue weighted by Gasteiger charge is -2.15. The van der Waals surface area contributed by atoms with Crippen LogP contribution in [0.4, 0.5) is 0 Å². The van der Waals surface area contributed by atoms with Gasteiger partial charge in [-0.1, -0.05) is 6.92 Å². The molecule has 3 nitrogen and oxygen atoms in total. The Kier molecular flexibility index (Phi) is 4.76. The summed E-state index contributed by atoms with van der Waals surface area (Å²) in [4.78, 5) is 1.05. The summed E-state index contributed by atoms with van der Waals surface area (Å²) >= 11 is 4.90. The molecule has 0 atom stereocenters. The van der Waals surface area contributed by atoms with Gasteiger partial charge >= 0.3 is 0 Å². The summed E-state index contributed by atoms with van der Waals surface area (Å²) in [7, 11) is -1.45. The van der Waals surface area contributed by atoms with Crippen LogP contribution < -0.4 is 0 Å². The van der Waals surface area contributed by atoms with Gasteiger partial charge in [0.25, 0.3) is 0 Å². The standard InChI is InChI=1S/C9H14BrNO2S2/c1-3-4-15(12,13)11(2)6-9-5-8(10)7-14-9/h5,7H,3-4,6H2,1-2H3. The summed E-state index contributed by atoms with van der Waals surface area (Å²) in [5, 5.41) is 1.95. The summed E-state index contributed by atoms with van der Waals surface area (Å²) < 4.78 is 25.7. The SMILES string of the molecule is CCCS(=O)(=O)N(C)Cc1cc(Br)cs1. The first-order valence-corrected chi connectivity index (χ1v) is 7.91. The van der Waals surface area contributed by atoms with Crippen LogP contribution in [0.15, 0.2) is 15.9 Å². The highest BCUT2D eigenvalue weighted by atomic mass is 79.9. The minimum Gasteiger partial charge on any atom is -0.212 e. The van der Waals surface area contributed by atoms with E-state index in [9.17, 15) is 8.42 Å². The Hall–Kier alpha value is 0.0900. The Morgan fingerprint density at radius 2 is 2.20 bits per heavy atom. The molecule has 0 aromatic carbocycles. The van der Waals surface area contributed by atoms with Crippen molar-refractivity contribution in [3.8, 4) is 0 Å². The molecule has 0 amide bonds. The predicted molar refractivity (Wildman–Crippen MR) is 67.6 cm³/mol. The van der Waals surface area contributed by atoms with E-state index in [0.29, 0.717) is 13.0 Å². The molecule has 0 saturated carbocycles. The van der Waals surface area contributed by atoms with Gasteiger partial charge in [0.1, 0.15) is 0 Å². The highest BCUT2D eigenvalue weighted by molar-refractivity contribution is 9.10. The molecular formula is C9H14BrNO2S2. The zero-order valence-corrected chi connectivity index (χ0v) is 12.0. The van der Waals surface area contributed by atoms with Gasteiger partial charge in [-0.3, -0.25) is 0 Å². The smallest absolute Gasteiger partial charge is 0.212 e. The molecule has 0 saturated heterocycles. The monoisotopic (exact) mass is 311 g/mol. The van der Waals surface area contributed by atoms with E-state index in [1.165, 1.54) is 4.31 Å². The lowest BCUT2D eigenvalue weighted by atomic mass is 10.5. The summed E-state index contributed by atoms with van der Waals surface area (Å²) in [5.74, 6) is 0.218. The van der Waals surface area contributed by atoms with Gasteiger partial charge in [-0.05, 0) is 28.4 Å². The molecule has 1 aromatic heterocycles. The zero-order chi connectivity index (χ0) is 11.5. The Morgan fingerprint density at radius 3 is 2.67 bits per heavy atom. The van der Waals surface area contributed by atoms with Crippen LogP contribution in [0.3, 0.4) is 0 Å². The average molecular weight is 312 g/mol. The minimum atomic E-state index is -3.07. The van der Waals surface area contributed by atoms with Crippen LogP contribution in [0.25, 0.3) is 0 Å². The molecule has 1 heterocycles. The maximum absolute atomic E-state index is 11.7. The van der Waals surface area contributed by atoms with Crippen LogP contribution in [0, 0.1) is 0 Å².